The molecule has 5 heteroatoms. The van der Waals surface area contributed by atoms with Gasteiger partial charge in [0, 0.05) is 30.8 Å². The number of hydrogen-bond acceptors (Lipinski definition) is 4. The van der Waals surface area contributed by atoms with Gasteiger partial charge in [0.25, 0.3) is 5.91 Å². The van der Waals surface area contributed by atoms with Gasteiger partial charge in [-0.25, -0.2) is 0 Å². The quantitative estimate of drug-likeness (QED) is 0.804. The average Bonchev–Trinajstić information content (AvgIpc) is 2.65. The molecule has 1 aromatic rings. The molecule has 2 N–H and O–H groups in total. The van der Waals surface area contributed by atoms with Crippen molar-refractivity contribution < 1.29 is 14.3 Å². The van der Waals surface area contributed by atoms with E-state index >= 15 is 0 Å². The predicted molar refractivity (Wildman–Crippen MR) is 101 cm³/mol. The van der Waals surface area contributed by atoms with Crippen molar-refractivity contribution in [3.05, 3.63) is 41.5 Å². The lowest BCUT2D eigenvalue weighted by molar-refractivity contribution is -0.114. The molecule has 0 bridgehead atoms. The molecule has 1 amide bonds. The molecule has 25 heavy (non-hydrogen) atoms. The Hall–Kier alpha value is -2.27. The van der Waals surface area contributed by atoms with Crippen LogP contribution in [0.1, 0.15) is 26.2 Å². The normalized spacial score (nSPS) is 17.2. The van der Waals surface area contributed by atoms with Crippen LogP contribution in [0, 0.1) is 5.92 Å². The first-order valence-electron chi connectivity index (χ1n) is 8.53. The smallest absolute Gasteiger partial charge is 0.257 e. The molecule has 1 aliphatic carbocycles. The average molecular weight is 344 g/mol. The van der Waals surface area contributed by atoms with Crippen LogP contribution in [0.4, 0.5) is 5.69 Å². The summed E-state index contributed by atoms with van der Waals surface area (Å²) in [6.45, 7) is 6.76. The van der Waals surface area contributed by atoms with E-state index in [1.54, 1.807) is 44.4 Å². The largest absolute Gasteiger partial charge is 0.497 e. The molecular weight excluding hydrogens is 316 g/mol. The Morgan fingerprint density at radius 1 is 1.28 bits per heavy atom. The van der Waals surface area contributed by atoms with Crippen molar-refractivity contribution in [1.82, 2.24) is 0 Å². The van der Waals surface area contributed by atoms with Gasteiger partial charge in [0.15, 0.2) is 0 Å². The minimum Gasteiger partial charge on any atom is -0.497 e. The summed E-state index contributed by atoms with van der Waals surface area (Å²) in [5.74, 6) is 1.49. The first-order chi connectivity index (χ1) is 11.9. The van der Waals surface area contributed by atoms with E-state index in [2.05, 4.69) is 13.5 Å². The number of nitrogens with two attached hydrogens (primary N) is 1. The van der Waals surface area contributed by atoms with Crippen LogP contribution < -0.4 is 20.1 Å². The molecule has 0 heterocycles. The maximum atomic E-state index is 13.0. The Balaban J connectivity index is 2.29. The summed E-state index contributed by atoms with van der Waals surface area (Å²) in [5, 5.41) is 0. The van der Waals surface area contributed by atoms with Crippen molar-refractivity contribution >= 4 is 11.6 Å². The van der Waals surface area contributed by atoms with Crippen LogP contribution in [0.15, 0.2) is 41.5 Å². The molecular formula is C20H28N2O3. The number of carbonyl (C=O) groups excluding carboxylic acids is 1. The molecule has 0 saturated carbocycles. The summed E-state index contributed by atoms with van der Waals surface area (Å²) in [4.78, 5) is 14.5. The van der Waals surface area contributed by atoms with E-state index in [-0.39, 0.29) is 5.91 Å². The van der Waals surface area contributed by atoms with Crippen molar-refractivity contribution in [2.45, 2.75) is 26.2 Å². The number of benzene rings is 1. The second kappa shape index (κ2) is 8.21. The summed E-state index contributed by atoms with van der Waals surface area (Å²) in [6.07, 6.45) is 3.00. The van der Waals surface area contributed by atoms with E-state index < -0.39 is 0 Å². The summed E-state index contributed by atoms with van der Waals surface area (Å²) in [6, 6.07) is 5.38. The van der Waals surface area contributed by atoms with Gasteiger partial charge in [-0.15, -0.1) is 0 Å². The van der Waals surface area contributed by atoms with Gasteiger partial charge in [-0.2, -0.15) is 0 Å². The minimum atomic E-state index is -0.123. The Morgan fingerprint density at radius 2 is 1.88 bits per heavy atom. The third kappa shape index (κ3) is 4.04. The van der Waals surface area contributed by atoms with Gasteiger partial charge in [-0.05, 0) is 44.2 Å². The fraction of sp³-hybridized carbons (Fsp3) is 0.450. The molecule has 1 aliphatic rings. The molecule has 0 aromatic heterocycles. The number of anilines is 1. The van der Waals surface area contributed by atoms with Crippen LogP contribution in [0.2, 0.25) is 0 Å². The molecule has 0 aliphatic heterocycles. The topological polar surface area (TPSA) is 64.8 Å². The van der Waals surface area contributed by atoms with Crippen LogP contribution >= 0.6 is 0 Å². The van der Waals surface area contributed by atoms with Crippen LogP contribution in [0.5, 0.6) is 11.5 Å². The number of hydrogen-bond donors (Lipinski definition) is 1. The van der Waals surface area contributed by atoms with E-state index in [1.807, 2.05) is 0 Å². The minimum absolute atomic E-state index is 0.123. The summed E-state index contributed by atoms with van der Waals surface area (Å²) >= 11 is 0. The number of carbonyl (C=O) groups is 1. The number of ether oxygens (including phenoxy) is 2. The Kier molecular flexibility index (Phi) is 6.26. The molecule has 0 spiro atoms. The van der Waals surface area contributed by atoms with E-state index in [0.29, 0.717) is 35.2 Å². The van der Waals surface area contributed by atoms with Crippen LogP contribution in [-0.2, 0) is 4.79 Å². The van der Waals surface area contributed by atoms with Crippen LogP contribution in [-0.4, -0.2) is 33.7 Å². The maximum Gasteiger partial charge on any atom is 0.257 e. The Morgan fingerprint density at radius 3 is 2.40 bits per heavy atom. The second-order valence-electron chi connectivity index (χ2n) is 6.40. The molecule has 136 valence electrons. The molecule has 2 rings (SSSR count). The zero-order chi connectivity index (χ0) is 18.6. The lowest BCUT2D eigenvalue weighted by Crippen LogP contribution is -2.30. The monoisotopic (exact) mass is 344 g/mol. The number of rotatable bonds is 6. The number of amides is 1. The summed E-state index contributed by atoms with van der Waals surface area (Å²) in [5.41, 5.74) is 9.35. The summed E-state index contributed by atoms with van der Waals surface area (Å²) < 4.78 is 10.6. The standard InChI is InChI=1S/C20H28N2O3/c1-13-15(12-21)7-6-8-19(13)14(2)20(23)22(3)16-9-17(24-4)11-18(10-16)25-5/h9-11,15H,2,6-8,12,21H2,1,3-5H3. The molecule has 0 fully saturated rings. The van der Waals surface area contributed by atoms with E-state index in [0.717, 1.165) is 24.8 Å². The molecule has 0 saturated heterocycles. The first kappa shape index (κ1) is 19.1. The highest BCUT2D eigenvalue weighted by atomic mass is 16.5. The second-order valence-corrected chi connectivity index (χ2v) is 6.40. The van der Waals surface area contributed by atoms with Gasteiger partial charge in [0.05, 0.1) is 19.9 Å². The molecule has 1 aromatic carbocycles. The number of likely N-dealkylation sites (N-methyl/N-ethyl adjacent to an activating group) is 1. The highest BCUT2D eigenvalue weighted by Crippen LogP contribution is 2.34. The third-order valence-corrected chi connectivity index (χ3v) is 5.00. The Labute approximate surface area is 150 Å². The number of methoxy groups -OCH3 is 2. The zero-order valence-electron chi connectivity index (χ0n) is 15.6. The van der Waals surface area contributed by atoms with Crippen molar-refractivity contribution in [3.8, 4) is 11.5 Å². The maximum absolute atomic E-state index is 13.0. The van der Waals surface area contributed by atoms with E-state index in [9.17, 15) is 4.79 Å². The molecule has 1 atom stereocenters. The molecule has 1 unspecified atom stereocenters. The van der Waals surface area contributed by atoms with Gasteiger partial charge in [0.1, 0.15) is 11.5 Å². The molecule has 0 radical (unpaired) electrons. The lowest BCUT2D eigenvalue weighted by atomic mass is 9.81. The predicted octanol–water partition coefficient (Wildman–Crippen LogP) is 3.30. The van der Waals surface area contributed by atoms with Crippen LogP contribution in [0.3, 0.4) is 0 Å². The number of nitrogens with zero attached hydrogens (tertiary/aromatic N) is 1. The van der Waals surface area contributed by atoms with Crippen molar-refractivity contribution in [2.75, 3.05) is 32.7 Å². The van der Waals surface area contributed by atoms with E-state index in [4.69, 9.17) is 15.2 Å². The van der Waals surface area contributed by atoms with Crippen molar-refractivity contribution in [1.29, 1.82) is 0 Å². The Bertz CT molecular complexity index is 672. The van der Waals surface area contributed by atoms with Crippen molar-refractivity contribution in [3.63, 3.8) is 0 Å². The zero-order valence-corrected chi connectivity index (χ0v) is 15.6. The van der Waals surface area contributed by atoms with Gasteiger partial charge < -0.3 is 20.1 Å². The van der Waals surface area contributed by atoms with Gasteiger partial charge in [0.2, 0.25) is 0 Å². The lowest BCUT2D eigenvalue weighted by Gasteiger charge is -2.28. The first-order valence-corrected chi connectivity index (χ1v) is 8.53. The fourth-order valence-electron chi connectivity index (χ4n) is 3.30. The fourth-order valence-corrected chi connectivity index (χ4v) is 3.30. The van der Waals surface area contributed by atoms with Crippen LogP contribution in [0.25, 0.3) is 0 Å². The highest BCUT2D eigenvalue weighted by molar-refractivity contribution is 6.08. The molecule has 5 nitrogen and oxygen atoms in total. The van der Waals surface area contributed by atoms with Gasteiger partial charge in [-0.1, -0.05) is 12.2 Å². The highest BCUT2D eigenvalue weighted by Gasteiger charge is 2.25. The van der Waals surface area contributed by atoms with Crippen molar-refractivity contribution in [2.24, 2.45) is 11.7 Å². The van der Waals surface area contributed by atoms with Gasteiger partial charge in [-0.3, -0.25) is 4.79 Å². The SMILES string of the molecule is C=C(C(=O)N(C)c1cc(OC)cc(OC)c1)C1=C(C)C(CN)CCC1. The summed E-state index contributed by atoms with van der Waals surface area (Å²) in [7, 11) is 4.91. The van der Waals surface area contributed by atoms with Gasteiger partial charge >= 0.3 is 0 Å². The van der Waals surface area contributed by atoms with E-state index in [1.165, 1.54) is 5.57 Å². The third-order valence-electron chi connectivity index (χ3n) is 5.00.